The number of nitrogens with two attached hydrogens (primary N) is 2. The SMILES string of the molecule is C[n+]1ccc(-c2ccc(OCC(O/N=C(\C(=O)CC3C(=O)N(OS(=O)(=O)[O-])C3(C)C)c3csc(N)n3)C(=O)O)cc2)cc1NCCN. The molecular formula is C28H33N7O10S2. The number of nitrogens with one attached hydrogen (secondary N) is 1. The van der Waals surface area contributed by atoms with Gasteiger partial charge in [-0.25, -0.2) is 22.8 Å². The Labute approximate surface area is 273 Å². The molecule has 0 saturated carbocycles. The predicted octanol–water partition coefficient (Wildman–Crippen LogP) is 0.428. The van der Waals surface area contributed by atoms with Gasteiger partial charge < -0.3 is 30.7 Å². The number of Topliss-reactive ketones (excluding diaryl/α,β-unsaturated/α-hetero) is 1. The molecule has 47 heavy (non-hydrogen) atoms. The smallest absolute Gasteiger partial charge is 0.351 e. The summed E-state index contributed by atoms with van der Waals surface area (Å²) in [4.78, 5) is 47.1. The fourth-order valence-corrected chi connectivity index (χ4v) is 5.58. The molecule has 3 heterocycles. The number of ether oxygens (including phenoxy) is 1. The number of nitrogens with zero attached hydrogens (tertiary/aromatic N) is 4. The molecular weight excluding hydrogens is 658 g/mol. The van der Waals surface area contributed by atoms with Gasteiger partial charge in [0, 0.05) is 24.4 Å². The molecule has 1 fully saturated rings. The lowest BCUT2D eigenvalue weighted by Gasteiger charge is -2.51. The molecule has 1 saturated heterocycles. The normalized spacial score (nSPS) is 16.7. The van der Waals surface area contributed by atoms with E-state index in [9.17, 15) is 32.5 Å². The number of rotatable bonds is 16. The Morgan fingerprint density at radius 2 is 1.96 bits per heavy atom. The highest BCUT2D eigenvalue weighted by Crippen LogP contribution is 2.40. The summed E-state index contributed by atoms with van der Waals surface area (Å²) in [6.07, 6.45) is -0.274. The fourth-order valence-electron chi connectivity index (χ4n) is 4.59. The van der Waals surface area contributed by atoms with Crippen LogP contribution < -0.4 is 26.1 Å². The number of aryl methyl sites for hydroxylation is 1. The zero-order valence-corrected chi connectivity index (χ0v) is 27.1. The van der Waals surface area contributed by atoms with Crippen LogP contribution in [0, 0.1) is 5.92 Å². The molecule has 19 heteroatoms. The number of amides is 1. The summed E-state index contributed by atoms with van der Waals surface area (Å²) >= 11 is 0.979. The van der Waals surface area contributed by atoms with Crippen LogP contribution in [0.3, 0.4) is 0 Å². The van der Waals surface area contributed by atoms with Crippen LogP contribution in [0.1, 0.15) is 26.0 Å². The van der Waals surface area contributed by atoms with Gasteiger partial charge in [-0.15, -0.1) is 11.3 Å². The molecule has 2 aromatic heterocycles. The number of carboxylic acids is 1. The first kappa shape index (κ1) is 35.2. The minimum Gasteiger partial charge on any atom is -0.724 e. The van der Waals surface area contributed by atoms with Gasteiger partial charge in [-0.3, -0.25) is 14.9 Å². The molecule has 3 aromatic rings. The highest BCUT2D eigenvalue weighted by molar-refractivity contribution is 7.80. The predicted molar refractivity (Wildman–Crippen MR) is 166 cm³/mol. The number of pyridine rings is 1. The van der Waals surface area contributed by atoms with Crippen LogP contribution in [0.15, 0.2) is 53.1 Å². The summed E-state index contributed by atoms with van der Waals surface area (Å²) in [6, 6.07) is 10.8. The molecule has 2 unspecified atom stereocenters. The molecule has 4 rings (SSSR count). The number of carbonyl (C=O) groups excluding carboxylic acids is 2. The average Bonchev–Trinajstić information content (AvgIpc) is 3.44. The Kier molecular flexibility index (Phi) is 10.8. The summed E-state index contributed by atoms with van der Waals surface area (Å²) in [5.74, 6) is -3.03. The number of hydrogen-bond donors (Lipinski definition) is 4. The van der Waals surface area contributed by atoms with Crippen molar-refractivity contribution in [1.29, 1.82) is 0 Å². The van der Waals surface area contributed by atoms with E-state index in [1.54, 1.807) is 24.3 Å². The lowest BCUT2D eigenvalue weighted by Crippen LogP contribution is -2.68. The maximum Gasteiger partial charge on any atom is 0.351 e. The number of hydrogen-bond acceptors (Lipinski definition) is 15. The summed E-state index contributed by atoms with van der Waals surface area (Å²) in [7, 11) is -3.33. The van der Waals surface area contributed by atoms with E-state index in [-0.39, 0.29) is 10.8 Å². The van der Waals surface area contributed by atoms with Gasteiger partial charge in [-0.1, -0.05) is 17.3 Å². The number of aromatic nitrogens is 2. The maximum atomic E-state index is 13.3. The quantitative estimate of drug-likeness (QED) is 0.0397. The minimum atomic E-state index is -5.24. The van der Waals surface area contributed by atoms with Gasteiger partial charge in [0.15, 0.2) is 16.6 Å². The number of ketones is 1. The lowest BCUT2D eigenvalue weighted by molar-refractivity contribution is -0.657. The van der Waals surface area contributed by atoms with Crippen LogP contribution in [-0.4, -0.2) is 82.8 Å². The van der Waals surface area contributed by atoms with Crippen molar-refractivity contribution < 1.29 is 50.9 Å². The molecule has 1 amide bonds. The second-order valence-electron chi connectivity index (χ2n) is 10.9. The number of hydroxylamine groups is 2. The lowest BCUT2D eigenvalue weighted by atomic mass is 9.74. The van der Waals surface area contributed by atoms with E-state index in [4.69, 9.17) is 21.0 Å². The number of carbonyl (C=O) groups is 3. The van der Waals surface area contributed by atoms with E-state index in [0.29, 0.717) is 23.9 Å². The number of oxime groups is 1. The second kappa shape index (κ2) is 14.4. The first-order chi connectivity index (χ1) is 22.1. The van der Waals surface area contributed by atoms with E-state index < -0.39 is 64.4 Å². The number of aliphatic carboxylic acids is 1. The molecule has 1 aliphatic rings. The van der Waals surface area contributed by atoms with Crippen molar-refractivity contribution >= 4 is 56.1 Å². The van der Waals surface area contributed by atoms with E-state index in [2.05, 4.69) is 19.7 Å². The Balaban J connectivity index is 1.45. The van der Waals surface area contributed by atoms with Crippen molar-refractivity contribution in [2.24, 2.45) is 23.9 Å². The zero-order valence-electron chi connectivity index (χ0n) is 25.5. The summed E-state index contributed by atoms with van der Waals surface area (Å²) in [6.45, 7) is 3.39. The zero-order chi connectivity index (χ0) is 34.5. The van der Waals surface area contributed by atoms with Crippen LogP contribution in [0.5, 0.6) is 5.75 Å². The van der Waals surface area contributed by atoms with Gasteiger partial charge in [-0.05, 0) is 43.2 Å². The highest BCUT2D eigenvalue weighted by atomic mass is 32.3. The van der Waals surface area contributed by atoms with E-state index in [1.165, 1.54) is 19.2 Å². The van der Waals surface area contributed by atoms with Crippen molar-refractivity contribution in [2.75, 3.05) is 30.7 Å². The van der Waals surface area contributed by atoms with Gasteiger partial charge in [-0.2, -0.15) is 9.35 Å². The summed E-state index contributed by atoms with van der Waals surface area (Å²) < 4.78 is 44.8. The van der Waals surface area contributed by atoms with Gasteiger partial charge in [0.2, 0.25) is 10.4 Å². The largest absolute Gasteiger partial charge is 0.724 e. The topological polar surface area (TPSA) is 253 Å². The average molecular weight is 692 g/mol. The monoisotopic (exact) mass is 691 g/mol. The van der Waals surface area contributed by atoms with Crippen molar-refractivity contribution in [2.45, 2.75) is 31.9 Å². The van der Waals surface area contributed by atoms with Crippen LogP contribution in [-0.2, 0) is 41.0 Å². The van der Waals surface area contributed by atoms with Gasteiger partial charge in [0.1, 0.15) is 18.1 Å². The van der Waals surface area contributed by atoms with E-state index in [1.807, 2.05) is 29.9 Å². The van der Waals surface area contributed by atoms with Gasteiger partial charge >= 0.3 is 5.97 Å². The third-order valence-corrected chi connectivity index (χ3v) is 8.20. The molecule has 6 N–H and O–H groups in total. The third kappa shape index (κ3) is 8.57. The molecule has 2 atom stereocenters. The number of benzene rings is 1. The Morgan fingerprint density at radius 1 is 1.26 bits per heavy atom. The molecule has 1 aliphatic heterocycles. The van der Waals surface area contributed by atoms with E-state index >= 15 is 0 Å². The molecule has 252 valence electrons. The maximum absolute atomic E-state index is 13.3. The second-order valence-corrected chi connectivity index (χ2v) is 12.7. The van der Waals surface area contributed by atoms with Crippen LogP contribution in [0.2, 0.25) is 0 Å². The van der Waals surface area contributed by atoms with Crippen LogP contribution >= 0.6 is 11.3 Å². The Bertz CT molecular complexity index is 1780. The third-order valence-electron chi connectivity index (χ3n) is 7.19. The van der Waals surface area contributed by atoms with E-state index in [0.717, 1.165) is 28.3 Å². The van der Waals surface area contributed by atoms with Crippen molar-refractivity contribution in [1.82, 2.24) is 10.0 Å². The Hall–Kier alpha value is -4.69. The summed E-state index contributed by atoms with van der Waals surface area (Å²) in [5.41, 5.74) is 11.3. The number of carboxylic acid groups (broad SMARTS) is 1. The summed E-state index contributed by atoms with van der Waals surface area (Å²) in [5, 5.41) is 18.6. The van der Waals surface area contributed by atoms with Crippen molar-refractivity contribution in [3.05, 3.63) is 53.7 Å². The van der Waals surface area contributed by atoms with Crippen LogP contribution in [0.4, 0.5) is 10.9 Å². The number of anilines is 2. The van der Waals surface area contributed by atoms with Crippen LogP contribution in [0.25, 0.3) is 11.1 Å². The number of nitrogen functional groups attached to an aromatic ring is 1. The number of thiazole rings is 1. The minimum absolute atomic E-state index is 0.0335. The highest BCUT2D eigenvalue weighted by Gasteiger charge is 2.57. The molecule has 0 spiro atoms. The first-order valence-electron chi connectivity index (χ1n) is 14.0. The molecule has 0 aliphatic carbocycles. The van der Waals surface area contributed by atoms with Gasteiger partial charge in [0.25, 0.3) is 17.8 Å². The Morgan fingerprint density at radius 3 is 2.53 bits per heavy atom. The van der Waals surface area contributed by atoms with Gasteiger partial charge in [0.05, 0.1) is 31.2 Å². The standard InChI is InChI=1S/C28H33N7O10S2/c1-28(2)19(25(37)35(28)45-47(40,41)42)13-21(36)24(20-15-46-27(30)32-20)33-44-22(26(38)39)14-43-18-6-4-16(5-7-18)17-8-11-34(3)23(12-17)31-10-9-29/h4-8,11-12,15,19,22H,9-10,13-14,29H2,1-3H3,(H4,30,32,38,39,40,41,42)/b33-24-. The van der Waals surface area contributed by atoms with Crippen molar-refractivity contribution in [3.63, 3.8) is 0 Å². The van der Waals surface area contributed by atoms with Crippen molar-refractivity contribution in [3.8, 4) is 16.9 Å². The fraction of sp³-hybridized carbons (Fsp3) is 0.357. The molecule has 17 nitrogen and oxygen atoms in total. The molecule has 0 radical (unpaired) electrons. The molecule has 0 bridgehead atoms. The first-order valence-corrected chi connectivity index (χ1v) is 16.2. The number of β-lactam (4-membered cyclic amide) rings is 1. The molecule has 1 aromatic carbocycles.